The van der Waals surface area contributed by atoms with E-state index in [1.54, 1.807) is 7.11 Å². The van der Waals surface area contributed by atoms with Crippen molar-refractivity contribution in [1.29, 1.82) is 0 Å². The summed E-state index contributed by atoms with van der Waals surface area (Å²) in [6.07, 6.45) is 2.04. The molecule has 2 rings (SSSR count). The molecule has 0 atom stereocenters. The van der Waals surface area contributed by atoms with Crippen LogP contribution in [-0.2, 0) is 7.05 Å². The monoisotopic (exact) mass is 327 g/mol. The first-order valence-electron chi connectivity index (χ1n) is 4.90. The summed E-state index contributed by atoms with van der Waals surface area (Å²) in [6.45, 7) is 0. The zero-order valence-electron chi connectivity index (χ0n) is 9.35. The van der Waals surface area contributed by atoms with Gasteiger partial charge in [-0.3, -0.25) is 0 Å². The first kappa shape index (κ1) is 13.0. The summed E-state index contributed by atoms with van der Waals surface area (Å²) in [5, 5.41) is 0. The van der Waals surface area contributed by atoms with Gasteiger partial charge < -0.3 is 28.7 Å². The fourth-order valence-electron chi connectivity index (χ4n) is 1.59. The highest BCUT2D eigenvalue weighted by Crippen LogP contribution is 2.18. The Morgan fingerprint density at radius 2 is 1.69 bits per heavy atom. The van der Waals surface area contributed by atoms with Crippen LogP contribution in [0.15, 0.2) is 48.7 Å². The Balaban J connectivity index is 0.00000128. The van der Waals surface area contributed by atoms with Crippen LogP contribution in [0.2, 0.25) is 0 Å². The molecule has 1 aromatic carbocycles. The zero-order chi connectivity index (χ0) is 10.7. The van der Waals surface area contributed by atoms with Crippen molar-refractivity contribution in [2.45, 2.75) is 0 Å². The minimum absolute atomic E-state index is 0. The number of benzene rings is 1. The zero-order valence-corrected chi connectivity index (χ0v) is 11.5. The molecule has 0 N–H and O–H groups in total. The van der Waals surface area contributed by atoms with Crippen LogP contribution in [0, 0.1) is 0 Å². The summed E-state index contributed by atoms with van der Waals surface area (Å²) in [7, 11) is 3.72. The molecule has 16 heavy (non-hydrogen) atoms. The second-order valence-electron chi connectivity index (χ2n) is 3.43. The van der Waals surface area contributed by atoms with Crippen LogP contribution in [0.4, 0.5) is 0 Å². The fraction of sp³-hybridized carbons (Fsp3) is 0.154. The number of hydrogen-bond acceptors (Lipinski definition) is 1. The van der Waals surface area contributed by atoms with Crippen LogP contribution in [-0.4, -0.2) is 7.11 Å². The highest BCUT2D eigenvalue weighted by atomic mass is 127. The SMILES string of the molecule is COc1ccc(-c2cccc[n+]2C)cc1.[I-]. The predicted molar refractivity (Wildman–Crippen MR) is 59.6 cm³/mol. The largest absolute Gasteiger partial charge is 1.00 e. The Bertz CT molecular complexity index is 454. The Morgan fingerprint density at radius 1 is 1.00 bits per heavy atom. The predicted octanol–water partition coefficient (Wildman–Crippen LogP) is -0.809. The van der Waals surface area contributed by atoms with E-state index in [2.05, 4.69) is 22.8 Å². The van der Waals surface area contributed by atoms with Crippen LogP contribution in [0.3, 0.4) is 0 Å². The first-order valence-corrected chi connectivity index (χ1v) is 4.90. The number of aromatic nitrogens is 1. The summed E-state index contributed by atoms with van der Waals surface area (Å²) < 4.78 is 7.23. The highest BCUT2D eigenvalue weighted by molar-refractivity contribution is 5.57. The maximum atomic E-state index is 5.13. The molecule has 2 nitrogen and oxygen atoms in total. The summed E-state index contributed by atoms with van der Waals surface area (Å²) in [5.74, 6) is 0.886. The maximum Gasteiger partial charge on any atom is 0.212 e. The molecule has 84 valence electrons. The lowest BCUT2D eigenvalue weighted by Crippen LogP contribution is -3.00. The van der Waals surface area contributed by atoms with E-state index < -0.39 is 0 Å². The smallest absolute Gasteiger partial charge is 0.212 e. The molecule has 0 spiro atoms. The molecule has 0 aliphatic heterocycles. The number of nitrogens with zero attached hydrogens (tertiary/aromatic N) is 1. The molecular formula is C13H14INO. The van der Waals surface area contributed by atoms with Crippen molar-refractivity contribution in [3.8, 4) is 17.0 Å². The molecule has 0 aliphatic carbocycles. The molecule has 1 heterocycles. The Morgan fingerprint density at radius 3 is 2.25 bits per heavy atom. The van der Waals surface area contributed by atoms with Gasteiger partial charge in [-0.25, -0.2) is 4.57 Å². The number of aryl methyl sites for hydroxylation is 1. The van der Waals surface area contributed by atoms with Gasteiger partial charge in [-0.2, -0.15) is 0 Å². The Hall–Kier alpha value is -1.10. The van der Waals surface area contributed by atoms with E-state index in [0.29, 0.717) is 0 Å². The van der Waals surface area contributed by atoms with E-state index in [-0.39, 0.29) is 24.0 Å². The molecule has 0 saturated heterocycles. The fourth-order valence-corrected chi connectivity index (χ4v) is 1.59. The summed E-state index contributed by atoms with van der Waals surface area (Å²) in [6, 6.07) is 14.2. The van der Waals surface area contributed by atoms with E-state index in [0.717, 1.165) is 5.75 Å². The van der Waals surface area contributed by atoms with Gasteiger partial charge in [0, 0.05) is 17.7 Å². The molecule has 0 aliphatic rings. The highest BCUT2D eigenvalue weighted by Gasteiger charge is 2.07. The van der Waals surface area contributed by atoms with E-state index in [4.69, 9.17) is 4.74 Å². The van der Waals surface area contributed by atoms with Crippen molar-refractivity contribution in [2.24, 2.45) is 7.05 Å². The third-order valence-corrected chi connectivity index (χ3v) is 2.44. The third kappa shape index (κ3) is 2.72. The number of halogens is 1. The van der Waals surface area contributed by atoms with E-state index >= 15 is 0 Å². The van der Waals surface area contributed by atoms with Crippen molar-refractivity contribution in [2.75, 3.05) is 7.11 Å². The van der Waals surface area contributed by atoms with Crippen molar-refractivity contribution < 1.29 is 33.3 Å². The van der Waals surface area contributed by atoms with Crippen LogP contribution in [0.25, 0.3) is 11.3 Å². The van der Waals surface area contributed by atoms with E-state index in [1.807, 2.05) is 37.5 Å². The van der Waals surface area contributed by atoms with Crippen LogP contribution < -0.4 is 33.3 Å². The summed E-state index contributed by atoms with van der Waals surface area (Å²) >= 11 is 0. The number of methoxy groups -OCH3 is 1. The van der Waals surface area contributed by atoms with Crippen LogP contribution >= 0.6 is 0 Å². The third-order valence-electron chi connectivity index (χ3n) is 2.44. The summed E-state index contributed by atoms with van der Waals surface area (Å²) in [4.78, 5) is 0. The van der Waals surface area contributed by atoms with Gasteiger partial charge in [0.15, 0.2) is 6.20 Å². The van der Waals surface area contributed by atoms with Gasteiger partial charge in [0.2, 0.25) is 5.69 Å². The molecule has 3 heteroatoms. The second kappa shape index (κ2) is 5.84. The van der Waals surface area contributed by atoms with Gasteiger partial charge in [0.05, 0.1) is 7.11 Å². The Kier molecular flexibility index (Phi) is 4.73. The second-order valence-corrected chi connectivity index (χ2v) is 3.43. The number of hydrogen-bond donors (Lipinski definition) is 0. The molecule has 2 aromatic rings. The van der Waals surface area contributed by atoms with Crippen molar-refractivity contribution in [3.63, 3.8) is 0 Å². The number of rotatable bonds is 2. The molecule has 1 aromatic heterocycles. The van der Waals surface area contributed by atoms with Gasteiger partial charge in [-0.15, -0.1) is 0 Å². The van der Waals surface area contributed by atoms with Crippen LogP contribution in [0.1, 0.15) is 0 Å². The van der Waals surface area contributed by atoms with Crippen molar-refractivity contribution in [1.82, 2.24) is 0 Å². The lowest BCUT2D eigenvalue weighted by molar-refractivity contribution is -0.660. The Labute approximate surface area is 113 Å². The molecule has 0 saturated carbocycles. The average Bonchev–Trinajstić information content (AvgIpc) is 2.30. The lowest BCUT2D eigenvalue weighted by atomic mass is 10.1. The van der Waals surface area contributed by atoms with E-state index in [9.17, 15) is 0 Å². The minimum atomic E-state index is 0. The number of ether oxygens (including phenoxy) is 1. The topological polar surface area (TPSA) is 13.1 Å². The molecular weight excluding hydrogens is 313 g/mol. The maximum absolute atomic E-state index is 5.13. The van der Waals surface area contributed by atoms with Gasteiger partial charge in [-0.1, -0.05) is 0 Å². The average molecular weight is 327 g/mol. The minimum Gasteiger partial charge on any atom is -1.00 e. The molecule has 0 amide bonds. The quantitative estimate of drug-likeness (QED) is 0.520. The van der Waals surface area contributed by atoms with Crippen LogP contribution in [0.5, 0.6) is 5.75 Å². The molecule has 0 bridgehead atoms. The van der Waals surface area contributed by atoms with Gasteiger partial charge in [0.1, 0.15) is 12.8 Å². The van der Waals surface area contributed by atoms with E-state index in [1.165, 1.54) is 11.3 Å². The first-order chi connectivity index (χ1) is 7.31. The van der Waals surface area contributed by atoms with Crippen molar-refractivity contribution >= 4 is 0 Å². The lowest BCUT2D eigenvalue weighted by Gasteiger charge is -2.01. The normalized spacial score (nSPS) is 9.38. The number of pyridine rings is 1. The molecule has 0 unspecified atom stereocenters. The van der Waals surface area contributed by atoms with Gasteiger partial charge >= 0.3 is 0 Å². The van der Waals surface area contributed by atoms with Crippen molar-refractivity contribution in [3.05, 3.63) is 48.7 Å². The standard InChI is InChI=1S/C13H14NO.HI/c1-14-10-4-3-5-13(14)11-6-8-12(15-2)9-7-11;/h3-10H,1-2H3;1H/q+1;/p-1. The summed E-state index contributed by atoms with van der Waals surface area (Å²) in [5.41, 5.74) is 2.39. The van der Waals surface area contributed by atoms with Gasteiger partial charge in [0.25, 0.3) is 0 Å². The molecule has 0 radical (unpaired) electrons. The van der Waals surface area contributed by atoms with Gasteiger partial charge in [-0.05, 0) is 30.3 Å². The molecule has 0 fully saturated rings.